The van der Waals surface area contributed by atoms with Gasteiger partial charge in [0.15, 0.2) is 0 Å². The fraction of sp³-hybridized carbons (Fsp3) is 0. The molecule has 320 valence electrons. The van der Waals surface area contributed by atoms with E-state index in [0.717, 1.165) is 73.2 Å². The number of nitrogens with zero attached hydrogens (tertiary/aromatic N) is 4. The molecule has 2 heterocycles. The molecule has 0 saturated carbocycles. The number of para-hydroxylation sites is 6. The first-order valence-corrected chi connectivity index (χ1v) is 23.3. The van der Waals surface area contributed by atoms with Crippen LogP contribution in [-0.2, 0) is 0 Å². The molecule has 2 aromatic heterocycles. The van der Waals surface area contributed by atoms with Crippen molar-refractivity contribution in [2.75, 3.05) is 9.80 Å². The quantitative estimate of drug-likeness (QED) is 0.144. The molecule has 0 saturated heterocycles. The van der Waals surface area contributed by atoms with Crippen molar-refractivity contribution in [3.05, 3.63) is 267 Å². The molecule has 0 radical (unpaired) electrons. The predicted octanol–water partition coefficient (Wildman–Crippen LogP) is 17.6. The number of hydrogen-bond acceptors (Lipinski definition) is 2. The van der Waals surface area contributed by atoms with E-state index in [1.165, 1.54) is 37.8 Å². The molecule has 0 bridgehead atoms. The summed E-state index contributed by atoms with van der Waals surface area (Å²) in [6.07, 6.45) is 0. The van der Waals surface area contributed by atoms with Gasteiger partial charge in [-0.25, -0.2) is 0 Å². The average molecular weight is 869 g/mol. The molecular weight excluding hydrogens is 825 g/mol. The summed E-state index contributed by atoms with van der Waals surface area (Å²) < 4.78 is 4.84. The Hall–Kier alpha value is -9.12. The topological polar surface area (TPSA) is 16.3 Å². The van der Waals surface area contributed by atoms with Gasteiger partial charge in [-0.3, -0.25) is 0 Å². The van der Waals surface area contributed by atoms with Crippen LogP contribution in [0.1, 0.15) is 0 Å². The third kappa shape index (κ3) is 6.61. The van der Waals surface area contributed by atoms with Gasteiger partial charge in [0.25, 0.3) is 0 Å². The summed E-state index contributed by atoms with van der Waals surface area (Å²) in [5.74, 6) is 0. The molecule has 0 unspecified atom stereocenters. The molecule has 0 atom stereocenters. The maximum atomic E-state index is 2.45. The van der Waals surface area contributed by atoms with Gasteiger partial charge in [0.2, 0.25) is 0 Å². The van der Waals surface area contributed by atoms with E-state index in [1.807, 2.05) is 0 Å². The molecule has 0 spiro atoms. The molecule has 68 heavy (non-hydrogen) atoms. The standard InChI is InChI=1S/C64H44N4/c1-5-21-49(22-6-1)65(55-39-40-57-56-29-15-17-31-59(56)67(61(57)44-55)52-27-11-4-12-28-52)53-36-33-46(34-37-53)48-42-62(66(50-23-7-2-8-24-50)51-25-9-3-10-26-51)64-58-30-16-18-32-60(58)68(63(64)43-48)54-38-35-45-19-13-14-20-47(45)41-54/h1-44H. The van der Waals surface area contributed by atoms with Gasteiger partial charge in [0, 0.05) is 61.4 Å². The highest BCUT2D eigenvalue weighted by molar-refractivity contribution is 6.18. The van der Waals surface area contributed by atoms with Crippen LogP contribution in [0.15, 0.2) is 267 Å². The van der Waals surface area contributed by atoms with Crippen molar-refractivity contribution in [1.29, 1.82) is 0 Å². The normalized spacial score (nSPS) is 11.5. The molecule has 0 amide bonds. The summed E-state index contributed by atoms with van der Waals surface area (Å²) >= 11 is 0. The van der Waals surface area contributed by atoms with E-state index in [0.29, 0.717) is 0 Å². The zero-order valence-corrected chi connectivity index (χ0v) is 37.2. The highest BCUT2D eigenvalue weighted by atomic mass is 15.2. The summed E-state index contributed by atoms with van der Waals surface area (Å²) in [6, 6.07) is 96.7. The molecule has 13 aromatic rings. The predicted molar refractivity (Wildman–Crippen MR) is 287 cm³/mol. The van der Waals surface area contributed by atoms with Crippen LogP contribution in [0.2, 0.25) is 0 Å². The fourth-order valence-electron chi connectivity index (χ4n) is 10.4. The third-order valence-electron chi connectivity index (χ3n) is 13.4. The van der Waals surface area contributed by atoms with E-state index in [4.69, 9.17) is 0 Å². The van der Waals surface area contributed by atoms with Gasteiger partial charge in [0.05, 0.1) is 27.8 Å². The lowest BCUT2D eigenvalue weighted by molar-refractivity contribution is 1.18. The van der Waals surface area contributed by atoms with Crippen molar-refractivity contribution in [3.63, 3.8) is 0 Å². The van der Waals surface area contributed by atoms with Crippen LogP contribution >= 0.6 is 0 Å². The van der Waals surface area contributed by atoms with Gasteiger partial charge in [-0.05, 0) is 131 Å². The lowest BCUT2D eigenvalue weighted by Gasteiger charge is -2.27. The fourth-order valence-corrected chi connectivity index (χ4v) is 10.4. The number of hydrogen-bond donors (Lipinski definition) is 0. The van der Waals surface area contributed by atoms with Gasteiger partial charge in [-0.1, -0.05) is 158 Å². The first kappa shape index (κ1) is 39.3. The first-order valence-electron chi connectivity index (χ1n) is 23.3. The molecule has 13 rings (SSSR count). The monoisotopic (exact) mass is 868 g/mol. The maximum absolute atomic E-state index is 2.45. The summed E-state index contributed by atoms with van der Waals surface area (Å²) in [6.45, 7) is 0. The minimum absolute atomic E-state index is 1.07. The van der Waals surface area contributed by atoms with Gasteiger partial charge >= 0.3 is 0 Å². The Balaban J connectivity index is 1.02. The minimum Gasteiger partial charge on any atom is -0.310 e. The average Bonchev–Trinajstić information content (AvgIpc) is 3.93. The largest absolute Gasteiger partial charge is 0.310 e. The Morgan fingerprint density at radius 3 is 1.43 bits per heavy atom. The summed E-state index contributed by atoms with van der Waals surface area (Å²) in [4.78, 5) is 4.79. The smallest absolute Gasteiger partial charge is 0.0568 e. The van der Waals surface area contributed by atoms with E-state index in [-0.39, 0.29) is 0 Å². The third-order valence-corrected chi connectivity index (χ3v) is 13.4. The van der Waals surface area contributed by atoms with Crippen LogP contribution in [0.3, 0.4) is 0 Å². The summed E-state index contributed by atoms with van der Waals surface area (Å²) in [5.41, 5.74) is 15.7. The van der Waals surface area contributed by atoms with Crippen LogP contribution in [0, 0.1) is 0 Å². The zero-order chi connectivity index (χ0) is 45.0. The van der Waals surface area contributed by atoms with Gasteiger partial charge in [-0.2, -0.15) is 0 Å². The number of anilines is 6. The zero-order valence-electron chi connectivity index (χ0n) is 37.2. The Bertz CT molecular complexity index is 3910. The minimum atomic E-state index is 1.07. The lowest BCUT2D eigenvalue weighted by atomic mass is 9.99. The number of benzene rings is 11. The number of aromatic nitrogens is 2. The summed E-state index contributed by atoms with van der Waals surface area (Å²) in [7, 11) is 0. The molecule has 0 aliphatic carbocycles. The van der Waals surface area contributed by atoms with Crippen LogP contribution in [0.25, 0.3) is 76.9 Å². The first-order chi connectivity index (χ1) is 33.7. The molecule has 4 nitrogen and oxygen atoms in total. The van der Waals surface area contributed by atoms with Gasteiger partial charge in [-0.15, -0.1) is 0 Å². The van der Waals surface area contributed by atoms with Crippen molar-refractivity contribution in [3.8, 4) is 22.5 Å². The second-order valence-electron chi connectivity index (χ2n) is 17.4. The van der Waals surface area contributed by atoms with Crippen molar-refractivity contribution in [2.45, 2.75) is 0 Å². The number of rotatable bonds is 9. The second kappa shape index (κ2) is 16.4. The molecule has 11 aromatic carbocycles. The molecule has 0 fully saturated rings. The van der Waals surface area contributed by atoms with Crippen molar-refractivity contribution >= 4 is 88.5 Å². The Morgan fingerprint density at radius 1 is 0.250 bits per heavy atom. The number of fused-ring (bicyclic) bond motifs is 7. The highest BCUT2D eigenvalue weighted by Crippen LogP contribution is 2.47. The Labute approximate surface area is 395 Å². The molecule has 0 aliphatic heterocycles. The van der Waals surface area contributed by atoms with Crippen molar-refractivity contribution < 1.29 is 0 Å². The summed E-state index contributed by atoms with van der Waals surface area (Å²) in [5, 5.41) is 7.29. The highest BCUT2D eigenvalue weighted by Gasteiger charge is 2.24. The molecular formula is C64H44N4. The molecule has 0 N–H and O–H groups in total. The molecule has 0 aliphatic rings. The van der Waals surface area contributed by atoms with Crippen LogP contribution in [-0.4, -0.2) is 9.13 Å². The van der Waals surface area contributed by atoms with E-state index in [2.05, 4.69) is 286 Å². The Kier molecular flexibility index (Phi) is 9.47. The second-order valence-corrected chi connectivity index (χ2v) is 17.4. The van der Waals surface area contributed by atoms with Gasteiger partial charge < -0.3 is 18.9 Å². The molecule has 4 heteroatoms. The van der Waals surface area contributed by atoms with Crippen LogP contribution in [0.4, 0.5) is 34.1 Å². The Morgan fingerprint density at radius 2 is 0.750 bits per heavy atom. The van der Waals surface area contributed by atoms with E-state index in [1.54, 1.807) is 0 Å². The van der Waals surface area contributed by atoms with E-state index in [9.17, 15) is 0 Å². The van der Waals surface area contributed by atoms with Gasteiger partial charge in [0.1, 0.15) is 0 Å². The SMILES string of the molecule is c1ccc(N(c2ccc(-c3cc(N(c4ccccc4)c4ccccc4)c4c5ccccc5n(-c5ccc6ccccc6c5)c4c3)cc2)c2ccc3c4ccccc4n(-c4ccccc4)c3c2)cc1. The van der Waals surface area contributed by atoms with E-state index >= 15 is 0 Å². The maximum Gasteiger partial charge on any atom is 0.0568 e. The van der Waals surface area contributed by atoms with E-state index < -0.39 is 0 Å². The van der Waals surface area contributed by atoms with Crippen molar-refractivity contribution in [1.82, 2.24) is 9.13 Å². The lowest BCUT2D eigenvalue weighted by Crippen LogP contribution is -2.11. The van der Waals surface area contributed by atoms with Crippen molar-refractivity contribution in [2.24, 2.45) is 0 Å². The van der Waals surface area contributed by atoms with Crippen LogP contribution < -0.4 is 9.80 Å². The van der Waals surface area contributed by atoms with Crippen LogP contribution in [0.5, 0.6) is 0 Å².